The first kappa shape index (κ1) is 29.2. The summed E-state index contributed by atoms with van der Waals surface area (Å²) in [7, 11) is 0. The monoisotopic (exact) mass is 563 g/mol. The van der Waals surface area contributed by atoms with E-state index in [4.69, 9.17) is 11.9 Å². The van der Waals surface area contributed by atoms with Gasteiger partial charge in [-0.25, -0.2) is 4.79 Å². The van der Waals surface area contributed by atoms with Crippen molar-refractivity contribution in [1.82, 2.24) is 5.32 Å². The van der Waals surface area contributed by atoms with Gasteiger partial charge < -0.3 is 9.61 Å². The minimum Gasteiger partial charge on any atom is -0.345 e. The second-order valence-electron chi connectivity index (χ2n) is 10.5. The van der Waals surface area contributed by atoms with Gasteiger partial charge in [0, 0.05) is 5.56 Å². The van der Waals surface area contributed by atoms with E-state index in [-0.39, 0.29) is 5.91 Å². The Kier molecular flexibility index (Phi) is 10.9. The predicted octanol–water partition coefficient (Wildman–Crippen LogP) is 8.04. The zero-order valence-corrected chi connectivity index (χ0v) is 24.5. The van der Waals surface area contributed by atoms with Crippen LogP contribution in [0.4, 0.5) is 0 Å². The SMILES string of the molecule is CSCCC(NC(=O)c1ccc(CCc2ccc(C3CCCCC3)cc2)cc1-c1ccccc1C)C(=O)OCl. The molecule has 0 radical (unpaired) electrons. The standard InChI is InChI=1S/C33H38ClNO3S/c1-23-8-6-7-11-28(23)30-22-25(13-12-24-14-17-27(18-15-24)26-9-4-3-5-10-26)16-19-29(30)32(36)35-31(20-21-39-2)33(37)38-34/h6-8,11,14-19,22,26,31H,3-5,9-10,12-13,20-21H2,1-2H3,(H,35,36). The number of rotatable bonds is 11. The van der Waals surface area contributed by atoms with Crippen LogP contribution in [0.25, 0.3) is 11.1 Å². The van der Waals surface area contributed by atoms with Gasteiger partial charge in [-0.1, -0.05) is 79.9 Å². The van der Waals surface area contributed by atoms with E-state index in [9.17, 15) is 9.59 Å². The molecular weight excluding hydrogens is 526 g/mol. The lowest BCUT2D eigenvalue weighted by atomic mass is 9.84. The fourth-order valence-corrected chi connectivity index (χ4v) is 6.08. The molecule has 3 aromatic rings. The fraction of sp³-hybridized carbons (Fsp3) is 0.394. The van der Waals surface area contributed by atoms with Gasteiger partial charge in [0.05, 0.1) is 0 Å². The molecule has 0 bridgehead atoms. The van der Waals surface area contributed by atoms with Crippen LogP contribution >= 0.6 is 23.6 Å². The van der Waals surface area contributed by atoms with Crippen LogP contribution in [0.15, 0.2) is 66.7 Å². The third-order valence-corrected chi connectivity index (χ3v) is 8.60. The maximum Gasteiger partial charge on any atom is 0.346 e. The lowest BCUT2D eigenvalue weighted by Crippen LogP contribution is -2.41. The van der Waals surface area contributed by atoms with Crippen molar-refractivity contribution in [2.24, 2.45) is 0 Å². The minimum absolute atomic E-state index is 0.314. The summed E-state index contributed by atoms with van der Waals surface area (Å²) in [4.78, 5) is 25.6. The first-order valence-electron chi connectivity index (χ1n) is 13.9. The van der Waals surface area contributed by atoms with Crippen LogP contribution in [0.2, 0.25) is 0 Å². The molecule has 0 aromatic heterocycles. The van der Waals surface area contributed by atoms with Crippen LogP contribution in [0, 0.1) is 6.92 Å². The van der Waals surface area contributed by atoms with Crippen molar-refractivity contribution in [2.45, 2.75) is 70.3 Å². The maximum atomic E-state index is 13.4. The van der Waals surface area contributed by atoms with Gasteiger partial charge in [-0.05, 0) is 96.4 Å². The van der Waals surface area contributed by atoms with E-state index in [0.717, 1.165) is 35.4 Å². The van der Waals surface area contributed by atoms with E-state index in [1.54, 1.807) is 11.8 Å². The summed E-state index contributed by atoms with van der Waals surface area (Å²) in [6, 6.07) is 22.4. The second kappa shape index (κ2) is 14.6. The topological polar surface area (TPSA) is 55.4 Å². The summed E-state index contributed by atoms with van der Waals surface area (Å²) in [6.07, 6.45) is 10.9. The molecular formula is C33H38ClNO3S. The molecule has 39 heavy (non-hydrogen) atoms. The van der Waals surface area contributed by atoms with Gasteiger partial charge in [-0.15, -0.1) is 0 Å². The number of benzene rings is 3. The molecule has 1 aliphatic carbocycles. The molecule has 0 spiro atoms. The van der Waals surface area contributed by atoms with E-state index in [2.05, 4.69) is 39.9 Å². The number of nitrogens with one attached hydrogen (secondary N) is 1. The van der Waals surface area contributed by atoms with Crippen molar-refractivity contribution in [3.63, 3.8) is 0 Å². The van der Waals surface area contributed by atoms with Gasteiger partial charge in [0.15, 0.2) is 0 Å². The lowest BCUT2D eigenvalue weighted by molar-refractivity contribution is -0.136. The summed E-state index contributed by atoms with van der Waals surface area (Å²) < 4.78 is 4.42. The molecule has 6 heteroatoms. The Hall–Kier alpha value is -2.76. The lowest BCUT2D eigenvalue weighted by Gasteiger charge is -2.22. The summed E-state index contributed by atoms with van der Waals surface area (Å²) in [5.74, 6) is 0.450. The molecule has 3 aromatic carbocycles. The molecule has 1 saturated carbocycles. The van der Waals surface area contributed by atoms with E-state index in [1.807, 2.05) is 49.6 Å². The Bertz CT molecular complexity index is 1250. The first-order valence-corrected chi connectivity index (χ1v) is 15.6. The molecule has 1 aliphatic rings. The van der Waals surface area contributed by atoms with Crippen LogP contribution in [0.3, 0.4) is 0 Å². The van der Waals surface area contributed by atoms with Crippen LogP contribution in [-0.2, 0) is 21.9 Å². The highest BCUT2D eigenvalue weighted by molar-refractivity contribution is 7.98. The van der Waals surface area contributed by atoms with E-state index in [1.165, 1.54) is 48.8 Å². The van der Waals surface area contributed by atoms with Crippen LogP contribution in [0.1, 0.15) is 77.1 Å². The van der Waals surface area contributed by atoms with Gasteiger partial charge in [-0.3, -0.25) is 4.79 Å². The molecule has 4 rings (SSSR count). The van der Waals surface area contributed by atoms with Gasteiger partial charge in [-0.2, -0.15) is 11.8 Å². The summed E-state index contributed by atoms with van der Waals surface area (Å²) in [5, 5.41) is 2.85. The predicted molar refractivity (Wildman–Crippen MR) is 162 cm³/mol. The zero-order valence-electron chi connectivity index (χ0n) is 22.9. The van der Waals surface area contributed by atoms with E-state index in [0.29, 0.717) is 17.7 Å². The highest BCUT2D eigenvalue weighted by Gasteiger charge is 2.24. The number of hydrogen-bond acceptors (Lipinski definition) is 4. The first-order chi connectivity index (χ1) is 19.0. The minimum atomic E-state index is -0.802. The number of carbonyl (C=O) groups excluding carboxylic acids is 2. The number of carbonyl (C=O) groups is 2. The van der Waals surface area contributed by atoms with Crippen molar-refractivity contribution in [3.8, 4) is 11.1 Å². The van der Waals surface area contributed by atoms with Crippen molar-refractivity contribution < 1.29 is 13.9 Å². The Morgan fingerprint density at radius 1 is 0.949 bits per heavy atom. The van der Waals surface area contributed by atoms with Crippen molar-refractivity contribution in [3.05, 3.63) is 94.5 Å². The number of hydrogen-bond donors (Lipinski definition) is 1. The Labute approximate surface area is 242 Å². The summed E-state index contributed by atoms with van der Waals surface area (Å²) in [5.41, 5.74) is 7.44. The molecule has 1 unspecified atom stereocenters. The largest absolute Gasteiger partial charge is 0.346 e. The Balaban J connectivity index is 1.53. The zero-order chi connectivity index (χ0) is 27.6. The van der Waals surface area contributed by atoms with Gasteiger partial charge in [0.1, 0.15) is 17.9 Å². The summed E-state index contributed by atoms with van der Waals surface area (Å²) >= 11 is 6.94. The van der Waals surface area contributed by atoms with Crippen molar-refractivity contribution >= 4 is 35.5 Å². The quantitative estimate of drug-likeness (QED) is 0.256. The number of aryl methyl sites for hydroxylation is 3. The van der Waals surface area contributed by atoms with Crippen LogP contribution in [-0.4, -0.2) is 29.9 Å². The molecule has 0 aliphatic heterocycles. The third kappa shape index (κ3) is 7.89. The molecule has 0 saturated heterocycles. The molecule has 0 heterocycles. The summed E-state index contributed by atoms with van der Waals surface area (Å²) in [6.45, 7) is 2.05. The third-order valence-electron chi connectivity index (χ3n) is 7.80. The van der Waals surface area contributed by atoms with Crippen molar-refractivity contribution in [1.29, 1.82) is 0 Å². The Morgan fingerprint density at radius 3 is 2.33 bits per heavy atom. The number of halogens is 1. The van der Waals surface area contributed by atoms with E-state index >= 15 is 0 Å². The fourth-order valence-electron chi connectivity index (χ4n) is 5.50. The van der Waals surface area contributed by atoms with Gasteiger partial charge in [0.2, 0.25) is 0 Å². The molecule has 1 N–H and O–H groups in total. The van der Waals surface area contributed by atoms with E-state index < -0.39 is 12.0 Å². The molecule has 1 atom stereocenters. The number of amides is 1. The second-order valence-corrected chi connectivity index (χ2v) is 11.6. The average molecular weight is 564 g/mol. The molecule has 4 nitrogen and oxygen atoms in total. The molecule has 1 fully saturated rings. The number of thioether (sulfide) groups is 1. The Morgan fingerprint density at radius 2 is 1.64 bits per heavy atom. The van der Waals surface area contributed by atoms with Crippen molar-refractivity contribution in [2.75, 3.05) is 12.0 Å². The smallest absolute Gasteiger partial charge is 0.345 e. The molecule has 206 valence electrons. The highest BCUT2D eigenvalue weighted by Crippen LogP contribution is 2.33. The van der Waals surface area contributed by atoms with Crippen LogP contribution in [0.5, 0.6) is 0 Å². The molecule has 1 amide bonds. The van der Waals surface area contributed by atoms with Gasteiger partial charge in [0.25, 0.3) is 5.91 Å². The van der Waals surface area contributed by atoms with Gasteiger partial charge >= 0.3 is 5.97 Å². The van der Waals surface area contributed by atoms with Crippen LogP contribution < -0.4 is 5.32 Å². The highest BCUT2D eigenvalue weighted by atomic mass is 35.5. The normalized spacial score (nSPS) is 14.5. The average Bonchev–Trinajstić information content (AvgIpc) is 2.98. The maximum absolute atomic E-state index is 13.4.